The van der Waals surface area contributed by atoms with E-state index in [0.717, 1.165) is 32.4 Å². The van der Waals surface area contributed by atoms with Crippen LogP contribution in [-0.4, -0.2) is 23.3 Å². The predicted molar refractivity (Wildman–Crippen MR) is 63.0 cm³/mol. The molecule has 0 spiro atoms. The Morgan fingerprint density at radius 1 is 1.12 bits per heavy atom. The van der Waals surface area contributed by atoms with Crippen molar-refractivity contribution in [2.45, 2.75) is 31.8 Å². The van der Waals surface area contributed by atoms with Crippen LogP contribution >= 0.6 is 0 Å². The molecule has 2 nitrogen and oxygen atoms in total. The lowest BCUT2D eigenvalue weighted by Crippen LogP contribution is -2.44. The summed E-state index contributed by atoms with van der Waals surface area (Å²) in [6.45, 7) is 2.03. The molecule has 0 aromatic heterocycles. The Morgan fingerprint density at radius 2 is 1.94 bits per heavy atom. The zero-order chi connectivity index (χ0) is 11.0. The van der Waals surface area contributed by atoms with Crippen molar-refractivity contribution in [3.05, 3.63) is 35.9 Å². The number of carbonyl (C=O) groups excluding carboxylic acids is 1. The van der Waals surface area contributed by atoms with E-state index in [-0.39, 0.29) is 6.04 Å². The van der Waals surface area contributed by atoms with Gasteiger partial charge in [-0.3, -0.25) is 9.69 Å². The summed E-state index contributed by atoms with van der Waals surface area (Å²) in [6, 6.07) is 10.7. The van der Waals surface area contributed by atoms with Crippen LogP contribution in [0.25, 0.3) is 0 Å². The second-order valence-electron chi connectivity index (χ2n) is 4.94. The van der Waals surface area contributed by atoms with Gasteiger partial charge in [-0.1, -0.05) is 30.3 Å². The highest BCUT2D eigenvalue weighted by molar-refractivity contribution is 5.89. The van der Waals surface area contributed by atoms with Crippen molar-refractivity contribution in [3.63, 3.8) is 0 Å². The second kappa shape index (κ2) is 4.02. The molecule has 2 atom stereocenters. The summed E-state index contributed by atoms with van der Waals surface area (Å²) < 4.78 is 0. The fraction of sp³-hybridized carbons (Fsp3) is 0.500. The molecule has 1 aliphatic carbocycles. The SMILES string of the molecule is O=C1C2CCC1N(Cc1ccccc1)CC2. The van der Waals surface area contributed by atoms with Gasteiger partial charge >= 0.3 is 0 Å². The summed E-state index contributed by atoms with van der Waals surface area (Å²) in [5, 5.41) is 0. The fourth-order valence-electron chi connectivity index (χ4n) is 3.05. The first-order valence-corrected chi connectivity index (χ1v) is 6.16. The number of rotatable bonds is 2. The molecule has 2 unspecified atom stereocenters. The number of piperidine rings is 1. The normalized spacial score (nSPS) is 29.6. The monoisotopic (exact) mass is 215 g/mol. The van der Waals surface area contributed by atoms with Crippen LogP contribution in [0, 0.1) is 5.92 Å². The van der Waals surface area contributed by atoms with Gasteiger partial charge in [-0.15, -0.1) is 0 Å². The summed E-state index contributed by atoms with van der Waals surface area (Å²) in [6.07, 6.45) is 3.27. The maximum Gasteiger partial charge on any atom is 0.153 e. The maximum atomic E-state index is 11.9. The summed E-state index contributed by atoms with van der Waals surface area (Å²) in [5.41, 5.74) is 1.32. The second-order valence-corrected chi connectivity index (χ2v) is 4.94. The molecule has 0 amide bonds. The minimum atomic E-state index is 0.221. The summed E-state index contributed by atoms with van der Waals surface area (Å²) >= 11 is 0. The van der Waals surface area contributed by atoms with E-state index in [1.54, 1.807) is 0 Å². The van der Waals surface area contributed by atoms with Gasteiger partial charge in [-0.2, -0.15) is 0 Å². The standard InChI is InChI=1S/C14H17NO/c16-14-12-6-7-13(14)15(9-8-12)10-11-4-2-1-3-5-11/h1-5,12-13H,6-10H2. The van der Waals surface area contributed by atoms with E-state index in [2.05, 4.69) is 29.2 Å². The largest absolute Gasteiger partial charge is 0.298 e. The van der Waals surface area contributed by atoms with Crippen molar-refractivity contribution >= 4 is 5.78 Å². The molecule has 0 N–H and O–H groups in total. The molecular weight excluding hydrogens is 198 g/mol. The van der Waals surface area contributed by atoms with E-state index in [0.29, 0.717) is 11.7 Å². The topological polar surface area (TPSA) is 20.3 Å². The Morgan fingerprint density at radius 3 is 2.75 bits per heavy atom. The number of nitrogens with zero attached hydrogens (tertiary/aromatic N) is 1. The molecule has 2 heteroatoms. The van der Waals surface area contributed by atoms with Crippen molar-refractivity contribution in [3.8, 4) is 0 Å². The number of fused-ring (bicyclic) bond motifs is 2. The van der Waals surface area contributed by atoms with Crippen LogP contribution in [0.2, 0.25) is 0 Å². The van der Waals surface area contributed by atoms with Crippen molar-refractivity contribution in [1.82, 2.24) is 4.90 Å². The van der Waals surface area contributed by atoms with Crippen LogP contribution < -0.4 is 0 Å². The minimum Gasteiger partial charge on any atom is -0.298 e. The molecular formula is C14H17NO. The van der Waals surface area contributed by atoms with Crippen molar-refractivity contribution < 1.29 is 4.79 Å². The van der Waals surface area contributed by atoms with Gasteiger partial charge in [-0.25, -0.2) is 0 Å². The highest BCUT2D eigenvalue weighted by Gasteiger charge is 2.41. The van der Waals surface area contributed by atoms with E-state index in [1.165, 1.54) is 5.56 Å². The highest BCUT2D eigenvalue weighted by atomic mass is 16.1. The highest BCUT2D eigenvalue weighted by Crippen LogP contribution is 2.34. The van der Waals surface area contributed by atoms with Crippen LogP contribution in [0.4, 0.5) is 0 Å². The molecule has 1 saturated carbocycles. The van der Waals surface area contributed by atoms with Gasteiger partial charge in [0.1, 0.15) is 0 Å². The van der Waals surface area contributed by atoms with Crippen molar-refractivity contribution in [1.29, 1.82) is 0 Å². The van der Waals surface area contributed by atoms with Crippen LogP contribution in [0.15, 0.2) is 30.3 Å². The van der Waals surface area contributed by atoms with E-state index < -0.39 is 0 Å². The molecule has 2 bridgehead atoms. The van der Waals surface area contributed by atoms with Crippen LogP contribution in [0.3, 0.4) is 0 Å². The third-order valence-electron chi connectivity index (χ3n) is 3.95. The average Bonchev–Trinajstić information content (AvgIpc) is 2.55. The first kappa shape index (κ1) is 10.0. The third-order valence-corrected chi connectivity index (χ3v) is 3.95. The molecule has 1 aromatic carbocycles. The minimum absolute atomic E-state index is 0.221. The predicted octanol–water partition coefficient (Wildman–Crippen LogP) is 2.24. The molecule has 1 heterocycles. The third kappa shape index (κ3) is 1.67. The molecule has 3 rings (SSSR count). The first-order valence-electron chi connectivity index (χ1n) is 6.16. The van der Waals surface area contributed by atoms with Gasteiger partial charge < -0.3 is 0 Å². The molecule has 1 aliphatic heterocycles. The van der Waals surface area contributed by atoms with Crippen molar-refractivity contribution in [2.75, 3.05) is 6.54 Å². The average molecular weight is 215 g/mol. The lowest BCUT2D eigenvalue weighted by molar-refractivity contribution is -0.128. The quantitative estimate of drug-likeness (QED) is 0.754. The number of Topliss-reactive ketones (excluding diaryl/α,β-unsaturated/α-hetero) is 1. The molecule has 1 aromatic rings. The summed E-state index contributed by atoms with van der Waals surface area (Å²) in [5.74, 6) is 0.888. The Kier molecular flexibility index (Phi) is 2.52. The van der Waals surface area contributed by atoms with Crippen LogP contribution in [-0.2, 0) is 11.3 Å². The number of benzene rings is 1. The molecule has 0 radical (unpaired) electrons. The van der Waals surface area contributed by atoms with E-state index in [9.17, 15) is 4.79 Å². The maximum absolute atomic E-state index is 11.9. The van der Waals surface area contributed by atoms with Crippen LogP contribution in [0.5, 0.6) is 0 Å². The number of hydrogen-bond acceptors (Lipinski definition) is 2. The van der Waals surface area contributed by atoms with E-state index >= 15 is 0 Å². The van der Waals surface area contributed by atoms with E-state index in [1.807, 2.05) is 6.07 Å². The van der Waals surface area contributed by atoms with Gasteiger partial charge in [0.2, 0.25) is 0 Å². The zero-order valence-corrected chi connectivity index (χ0v) is 9.43. The van der Waals surface area contributed by atoms with Crippen molar-refractivity contribution in [2.24, 2.45) is 5.92 Å². The molecule has 1 saturated heterocycles. The smallest absolute Gasteiger partial charge is 0.153 e. The number of likely N-dealkylation sites (tertiary alicyclic amines) is 1. The summed E-state index contributed by atoms with van der Waals surface area (Å²) in [7, 11) is 0. The fourth-order valence-corrected chi connectivity index (χ4v) is 3.05. The Hall–Kier alpha value is -1.15. The van der Waals surface area contributed by atoms with Gasteiger partial charge in [-0.05, 0) is 31.4 Å². The number of ketones is 1. The van der Waals surface area contributed by atoms with Gasteiger partial charge in [0, 0.05) is 12.5 Å². The Labute approximate surface area is 96.3 Å². The van der Waals surface area contributed by atoms with E-state index in [4.69, 9.17) is 0 Å². The first-order chi connectivity index (χ1) is 7.84. The van der Waals surface area contributed by atoms with Gasteiger partial charge in [0.05, 0.1) is 6.04 Å². The molecule has 16 heavy (non-hydrogen) atoms. The lowest BCUT2D eigenvalue weighted by atomic mass is 9.97. The van der Waals surface area contributed by atoms with Crippen LogP contribution in [0.1, 0.15) is 24.8 Å². The Balaban J connectivity index is 1.74. The number of hydrogen-bond donors (Lipinski definition) is 0. The number of carbonyl (C=O) groups is 1. The zero-order valence-electron chi connectivity index (χ0n) is 9.43. The molecule has 84 valence electrons. The molecule has 2 aliphatic rings. The van der Waals surface area contributed by atoms with Gasteiger partial charge in [0.15, 0.2) is 5.78 Å². The Bertz CT molecular complexity index is 387. The lowest BCUT2D eigenvalue weighted by Gasteiger charge is -2.32. The van der Waals surface area contributed by atoms with Gasteiger partial charge in [0.25, 0.3) is 0 Å². The molecule has 2 fully saturated rings. The summed E-state index contributed by atoms with van der Waals surface area (Å²) in [4.78, 5) is 14.3.